The maximum atomic E-state index is 5.92. The van der Waals surface area contributed by atoms with Crippen molar-refractivity contribution in [3.05, 3.63) is 34.6 Å². The number of nitrogen functional groups attached to an aromatic ring is 1. The zero-order valence-electron chi connectivity index (χ0n) is 14.1. The first-order valence-electron chi connectivity index (χ1n) is 7.95. The van der Waals surface area contributed by atoms with Gasteiger partial charge in [-0.1, -0.05) is 19.1 Å². The molecule has 1 aromatic heterocycles. The van der Waals surface area contributed by atoms with Crippen molar-refractivity contribution in [1.29, 1.82) is 0 Å². The van der Waals surface area contributed by atoms with E-state index in [-0.39, 0.29) is 11.5 Å². The van der Waals surface area contributed by atoms with Gasteiger partial charge < -0.3 is 15.8 Å². The minimum Gasteiger partial charge on any atom is -0.493 e. The molecule has 0 spiro atoms. The number of benzene rings is 1. The number of hydrogen-bond donors (Lipinski definition) is 2. The van der Waals surface area contributed by atoms with Crippen LogP contribution in [-0.4, -0.2) is 21.6 Å². The SMILES string of the molecule is CCc1nc(N)nc(N[C@]2(C)CCOc3c2ccc(C)c3C)n1. The van der Waals surface area contributed by atoms with Crippen molar-refractivity contribution < 1.29 is 4.74 Å². The highest BCUT2D eigenvalue weighted by Gasteiger charge is 2.35. The van der Waals surface area contributed by atoms with Crippen LogP contribution in [0.1, 0.15) is 42.8 Å². The van der Waals surface area contributed by atoms with E-state index >= 15 is 0 Å². The summed E-state index contributed by atoms with van der Waals surface area (Å²) in [6.07, 6.45) is 1.55. The number of rotatable bonds is 3. The monoisotopic (exact) mass is 313 g/mol. The molecule has 1 aliphatic heterocycles. The maximum absolute atomic E-state index is 5.92. The van der Waals surface area contributed by atoms with Crippen molar-refractivity contribution in [2.75, 3.05) is 17.7 Å². The summed E-state index contributed by atoms with van der Waals surface area (Å²) in [5.74, 6) is 2.42. The standard InChI is InChI=1S/C17H23N5O/c1-5-13-19-15(18)21-16(20-13)22-17(4)8-9-23-14-11(3)10(2)6-7-12(14)17/h6-7H,5,8-9H2,1-4H3,(H3,18,19,20,21,22)/t17-/m1/s1. The first-order valence-corrected chi connectivity index (χ1v) is 7.95. The van der Waals surface area contributed by atoms with E-state index in [1.807, 2.05) is 6.92 Å². The molecular formula is C17H23N5O. The van der Waals surface area contributed by atoms with Gasteiger partial charge in [0, 0.05) is 18.4 Å². The van der Waals surface area contributed by atoms with Gasteiger partial charge in [-0.2, -0.15) is 15.0 Å². The predicted octanol–water partition coefficient (Wildman–Crippen LogP) is 2.74. The van der Waals surface area contributed by atoms with E-state index in [4.69, 9.17) is 10.5 Å². The summed E-state index contributed by atoms with van der Waals surface area (Å²) in [6.45, 7) is 8.99. The van der Waals surface area contributed by atoms with Crippen molar-refractivity contribution >= 4 is 11.9 Å². The molecule has 3 rings (SSSR count). The molecule has 1 aliphatic rings. The van der Waals surface area contributed by atoms with Crippen LogP contribution in [0, 0.1) is 13.8 Å². The first-order chi connectivity index (χ1) is 10.9. The van der Waals surface area contributed by atoms with Crippen LogP contribution in [0.3, 0.4) is 0 Å². The first kappa shape index (κ1) is 15.5. The molecule has 3 N–H and O–H groups in total. The van der Waals surface area contributed by atoms with E-state index in [9.17, 15) is 0 Å². The summed E-state index contributed by atoms with van der Waals surface area (Å²) in [6, 6.07) is 4.25. The van der Waals surface area contributed by atoms with Gasteiger partial charge in [-0.3, -0.25) is 0 Å². The molecular weight excluding hydrogens is 290 g/mol. The molecule has 0 bridgehead atoms. The Morgan fingerprint density at radius 3 is 2.78 bits per heavy atom. The maximum Gasteiger partial charge on any atom is 0.228 e. The molecule has 1 aromatic carbocycles. The summed E-state index contributed by atoms with van der Waals surface area (Å²) in [5, 5.41) is 3.45. The lowest BCUT2D eigenvalue weighted by molar-refractivity contribution is 0.236. The van der Waals surface area contributed by atoms with Gasteiger partial charge in [0.1, 0.15) is 11.6 Å². The number of anilines is 2. The van der Waals surface area contributed by atoms with Crippen LogP contribution in [0.5, 0.6) is 5.75 Å². The number of ether oxygens (including phenoxy) is 1. The number of aromatic nitrogens is 3. The Hall–Kier alpha value is -2.37. The van der Waals surface area contributed by atoms with Gasteiger partial charge in [-0.25, -0.2) is 0 Å². The summed E-state index contributed by atoms with van der Waals surface area (Å²) < 4.78 is 5.92. The molecule has 0 unspecified atom stereocenters. The number of hydrogen-bond acceptors (Lipinski definition) is 6. The van der Waals surface area contributed by atoms with Crippen LogP contribution >= 0.6 is 0 Å². The van der Waals surface area contributed by atoms with Crippen LogP contribution in [0.25, 0.3) is 0 Å². The Morgan fingerprint density at radius 1 is 1.26 bits per heavy atom. The highest BCUT2D eigenvalue weighted by Crippen LogP contribution is 2.41. The van der Waals surface area contributed by atoms with Gasteiger partial charge >= 0.3 is 0 Å². The third-order valence-corrected chi connectivity index (χ3v) is 4.52. The van der Waals surface area contributed by atoms with Crippen molar-refractivity contribution in [1.82, 2.24) is 15.0 Å². The number of fused-ring (bicyclic) bond motifs is 1. The average Bonchev–Trinajstić information content (AvgIpc) is 2.50. The lowest BCUT2D eigenvalue weighted by atomic mass is 9.84. The van der Waals surface area contributed by atoms with Gasteiger partial charge in [0.15, 0.2) is 0 Å². The fraction of sp³-hybridized carbons (Fsp3) is 0.471. The minimum atomic E-state index is -0.301. The van der Waals surface area contributed by atoms with Crippen LogP contribution in [-0.2, 0) is 12.0 Å². The van der Waals surface area contributed by atoms with Gasteiger partial charge in [0.05, 0.1) is 12.1 Å². The van der Waals surface area contributed by atoms with Crippen molar-refractivity contribution in [3.8, 4) is 5.75 Å². The molecule has 0 radical (unpaired) electrons. The summed E-state index contributed by atoms with van der Waals surface area (Å²) >= 11 is 0. The topological polar surface area (TPSA) is 86.0 Å². The molecule has 23 heavy (non-hydrogen) atoms. The molecule has 0 amide bonds. The number of nitrogens with two attached hydrogens (primary N) is 1. The van der Waals surface area contributed by atoms with E-state index in [0.717, 1.165) is 24.2 Å². The van der Waals surface area contributed by atoms with Crippen molar-refractivity contribution in [3.63, 3.8) is 0 Å². The van der Waals surface area contributed by atoms with E-state index in [0.29, 0.717) is 18.4 Å². The molecule has 0 fully saturated rings. The van der Waals surface area contributed by atoms with Crippen LogP contribution in [0.15, 0.2) is 12.1 Å². The fourth-order valence-electron chi connectivity index (χ4n) is 2.93. The third-order valence-electron chi connectivity index (χ3n) is 4.52. The zero-order chi connectivity index (χ0) is 16.6. The Bertz CT molecular complexity index is 746. The Balaban J connectivity index is 2.01. The van der Waals surface area contributed by atoms with Crippen LogP contribution in [0.2, 0.25) is 0 Å². The van der Waals surface area contributed by atoms with E-state index in [1.54, 1.807) is 0 Å². The highest BCUT2D eigenvalue weighted by atomic mass is 16.5. The molecule has 1 atom stereocenters. The van der Waals surface area contributed by atoms with Gasteiger partial charge in [-0.15, -0.1) is 0 Å². The van der Waals surface area contributed by atoms with Crippen LogP contribution < -0.4 is 15.8 Å². The largest absolute Gasteiger partial charge is 0.493 e. The van der Waals surface area contributed by atoms with Crippen molar-refractivity contribution in [2.45, 2.75) is 46.1 Å². The van der Waals surface area contributed by atoms with E-state index in [1.165, 1.54) is 11.1 Å². The second-order valence-electron chi connectivity index (χ2n) is 6.23. The molecule has 0 aliphatic carbocycles. The Labute approximate surface area is 136 Å². The van der Waals surface area contributed by atoms with Crippen LogP contribution in [0.4, 0.5) is 11.9 Å². The molecule has 122 valence electrons. The quantitative estimate of drug-likeness (QED) is 0.906. The van der Waals surface area contributed by atoms with Gasteiger partial charge in [0.25, 0.3) is 0 Å². The molecule has 6 heteroatoms. The highest BCUT2D eigenvalue weighted by molar-refractivity contribution is 5.52. The summed E-state index contributed by atoms with van der Waals surface area (Å²) in [5.41, 5.74) is 9.03. The molecule has 0 saturated heterocycles. The third kappa shape index (κ3) is 2.81. The molecule has 6 nitrogen and oxygen atoms in total. The zero-order valence-corrected chi connectivity index (χ0v) is 14.1. The predicted molar refractivity (Wildman–Crippen MR) is 90.6 cm³/mol. The lowest BCUT2D eigenvalue weighted by Crippen LogP contribution is -2.38. The minimum absolute atomic E-state index is 0.246. The number of aryl methyl sites for hydroxylation is 2. The second kappa shape index (κ2) is 5.68. The van der Waals surface area contributed by atoms with Crippen molar-refractivity contribution in [2.24, 2.45) is 0 Å². The van der Waals surface area contributed by atoms with Gasteiger partial charge in [-0.05, 0) is 31.9 Å². The summed E-state index contributed by atoms with van der Waals surface area (Å²) in [4.78, 5) is 12.8. The normalized spacial score (nSPS) is 19.8. The Morgan fingerprint density at radius 2 is 2.04 bits per heavy atom. The number of nitrogens with zero attached hydrogens (tertiary/aromatic N) is 3. The van der Waals surface area contributed by atoms with E-state index < -0.39 is 0 Å². The summed E-state index contributed by atoms with van der Waals surface area (Å²) in [7, 11) is 0. The fourth-order valence-corrected chi connectivity index (χ4v) is 2.93. The molecule has 2 heterocycles. The Kier molecular flexibility index (Phi) is 3.83. The number of nitrogens with one attached hydrogen (secondary N) is 1. The second-order valence-corrected chi connectivity index (χ2v) is 6.23. The average molecular weight is 313 g/mol. The van der Waals surface area contributed by atoms with Gasteiger partial charge in [0.2, 0.25) is 11.9 Å². The smallest absolute Gasteiger partial charge is 0.228 e. The van der Waals surface area contributed by atoms with E-state index in [2.05, 4.69) is 53.2 Å². The molecule has 0 saturated carbocycles. The lowest BCUT2D eigenvalue weighted by Gasteiger charge is -2.37. The molecule has 2 aromatic rings.